The third kappa shape index (κ3) is 4.20. The summed E-state index contributed by atoms with van der Waals surface area (Å²) in [6, 6.07) is 0.279. The molecule has 1 atom stereocenters. The Morgan fingerprint density at radius 3 is 2.78 bits per heavy atom. The summed E-state index contributed by atoms with van der Waals surface area (Å²) < 4.78 is 5.69. The molecule has 6 heteroatoms. The van der Waals surface area contributed by atoms with E-state index in [1.54, 1.807) is 6.20 Å². The number of imidazole rings is 1. The highest BCUT2D eigenvalue weighted by molar-refractivity contribution is 5.05. The summed E-state index contributed by atoms with van der Waals surface area (Å²) in [7, 11) is 0. The van der Waals surface area contributed by atoms with Crippen LogP contribution in [0, 0.1) is 19.8 Å². The van der Waals surface area contributed by atoms with Crippen molar-refractivity contribution in [3.8, 4) is 0 Å². The van der Waals surface area contributed by atoms with Crippen molar-refractivity contribution in [2.75, 3.05) is 19.6 Å². The summed E-state index contributed by atoms with van der Waals surface area (Å²) in [5, 5.41) is 3.59. The summed E-state index contributed by atoms with van der Waals surface area (Å²) in [6.07, 6.45) is 6.11. The number of nitrogens with zero attached hydrogens (tertiary/aromatic N) is 3. The first kappa shape index (κ1) is 16.2. The van der Waals surface area contributed by atoms with Crippen LogP contribution >= 0.6 is 0 Å². The summed E-state index contributed by atoms with van der Waals surface area (Å²) in [5.41, 5.74) is 1.01. The molecule has 2 aromatic heterocycles. The van der Waals surface area contributed by atoms with Crippen LogP contribution < -0.4 is 5.32 Å². The van der Waals surface area contributed by atoms with E-state index < -0.39 is 0 Å². The van der Waals surface area contributed by atoms with Gasteiger partial charge in [-0.15, -0.1) is 0 Å². The van der Waals surface area contributed by atoms with Gasteiger partial charge in [0.25, 0.3) is 0 Å². The zero-order valence-electron chi connectivity index (χ0n) is 14.3. The Kier molecular flexibility index (Phi) is 5.13. The van der Waals surface area contributed by atoms with Gasteiger partial charge in [0.2, 0.25) is 5.89 Å². The van der Waals surface area contributed by atoms with E-state index in [9.17, 15) is 0 Å². The quantitative estimate of drug-likeness (QED) is 0.857. The number of piperidine rings is 1. The average molecular weight is 317 g/mol. The Morgan fingerprint density at radius 1 is 1.39 bits per heavy atom. The molecule has 2 N–H and O–H groups in total. The second kappa shape index (κ2) is 7.27. The first-order valence-corrected chi connectivity index (χ1v) is 8.49. The van der Waals surface area contributed by atoms with E-state index in [-0.39, 0.29) is 6.04 Å². The van der Waals surface area contributed by atoms with Crippen molar-refractivity contribution in [3.05, 3.63) is 35.6 Å². The number of hydrogen-bond donors (Lipinski definition) is 2. The fourth-order valence-electron chi connectivity index (χ4n) is 3.10. The molecule has 0 aromatic carbocycles. The predicted molar refractivity (Wildman–Crippen MR) is 89.0 cm³/mol. The third-order valence-corrected chi connectivity index (χ3v) is 4.78. The number of oxazole rings is 1. The molecule has 1 unspecified atom stereocenters. The van der Waals surface area contributed by atoms with Crippen molar-refractivity contribution >= 4 is 0 Å². The van der Waals surface area contributed by atoms with Crippen molar-refractivity contribution in [2.24, 2.45) is 5.92 Å². The molecule has 2 aromatic rings. The number of hydrogen-bond acceptors (Lipinski definition) is 5. The first-order valence-electron chi connectivity index (χ1n) is 8.49. The highest BCUT2D eigenvalue weighted by atomic mass is 16.4. The van der Waals surface area contributed by atoms with Crippen LogP contribution in [0.5, 0.6) is 0 Å². The molecule has 6 nitrogen and oxygen atoms in total. The minimum atomic E-state index is 0.279. The molecule has 1 aliphatic heterocycles. The molecule has 3 rings (SSSR count). The standard InChI is InChI=1S/C17H27N5O/c1-12-14(3)23-16(21-12)11-22-8-4-15(5-9-22)10-20-13(2)17-18-6-7-19-17/h6-7,13,15,20H,4-5,8-11H2,1-3H3,(H,18,19). The number of nitrogens with one attached hydrogen (secondary N) is 2. The lowest BCUT2D eigenvalue weighted by Gasteiger charge is -2.31. The number of rotatable bonds is 6. The molecular weight excluding hydrogens is 290 g/mol. The minimum Gasteiger partial charge on any atom is -0.444 e. The number of likely N-dealkylation sites (tertiary alicyclic amines) is 1. The second-order valence-corrected chi connectivity index (χ2v) is 6.57. The zero-order chi connectivity index (χ0) is 16.2. The lowest BCUT2D eigenvalue weighted by molar-refractivity contribution is 0.160. The number of aromatic nitrogens is 3. The molecule has 1 aliphatic rings. The average Bonchev–Trinajstić information content (AvgIpc) is 3.17. The van der Waals surface area contributed by atoms with E-state index in [4.69, 9.17) is 4.42 Å². The molecule has 3 heterocycles. The van der Waals surface area contributed by atoms with Crippen LogP contribution in [0.1, 0.15) is 49.0 Å². The van der Waals surface area contributed by atoms with E-state index in [1.807, 2.05) is 20.0 Å². The summed E-state index contributed by atoms with van der Waals surface area (Å²) in [6.45, 7) is 10.2. The SMILES string of the molecule is Cc1nc(CN2CCC(CNC(C)c3ncc[nH]3)CC2)oc1C. The molecule has 0 spiro atoms. The Morgan fingerprint density at radius 2 is 2.17 bits per heavy atom. The van der Waals surface area contributed by atoms with Gasteiger partial charge in [-0.05, 0) is 59.2 Å². The van der Waals surface area contributed by atoms with E-state index in [2.05, 4.69) is 32.1 Å². The highest BCUT2D eigenvalue weighted by Gasteiger charge is 2.21. The van der Waals surface area contributed by atoms with Crippen LogP contribution in [0.2, 0.25) is 0 Å². The van der Waals surface area contributed by atoms with Gasteiger partial charge < -0.3 is 14.7 Å². The van der Waals surface area contributed by atoms with Crippen LogP contribution in [-0.4, -0.2) is 39.5 Å². The second-order valence-electron chi connectivity index (χ2n) is 6.57. The molecule has 1 fully saturated rings. The number of H-pyrrole nitrogens is 1. The molecule has 0 radical (unpaired) electrons. The van der Waals surface area contributed by atoms with Crippen LogP contribution in [-0.2, 0) is 6.54 Å². The van der Waals surface area contributed by atoms with E-state index in [0.29, 0.717) is 0 Å². The largest absolute Gasteiger partial charge is 0.444 e. The van der Waals surface area contributed by atoms with Gasteiger partial charge >= 0.3 is 0 Å². The molecule has 0 bridgehead atoms. The number of aromatic amines is 1. The molecule has 126 valence electrons. The van der Waals surface area contributed by atoms with Gasteiger partial charge in [0, 0.05) is 12.4 Å². The van der Waals surface area contributed by atoms with Gasteiger partial charge in [0.15, 0.2) is 0 Å². The van der Waals surface area contributed by atoms with Crippen molar-refractivity contribution in [2.45, 2.75) is 46.2 Å². The van der Waals surface area contributed by atoms with Gasteiger partial charge in [-0.3, -0.25) is 4.90 Å². The van der Waals surface area contributed by atoms with Gasteiger partial charge in [-0.2, -0.15) is 0 Å². The monoisotopic (exact) mass is 317 g/mol. The molecular formula is C17H27N5O. The smallest absolute Gasteiger partial charge is 0.208 e. The van der Waals surface area contributed by atoms with Gasteiger partial charge in [-0.25, -0.2) is 9.97 Å². The van der Waals surface area contributed by atoms with Crippen LogP contribution in [0.4, 0.5) is 0 Å². The van der Waals surface area contributed by atoms with E-state index in [0.717, 1.165) is 55.3 Å². The van der Waals surface area contributed by atoms with Gasteiger partial charge in [0.05, 0.1) is 18.3 Å². The Labute approximate surface area is 137 Å². The normalized spacial score (nSPS) is 18.4. The van der Waals surface area contributed by atoms with Crippen LogP contribution in [0.3, 0.4) is 0 Å². The lowest BCUT2D eigenvalue weighted by atomic mass is 9.96. The van der Waals surface area contributed by atoms with Crippen LogP contribution in [0.25, 0.3) is 0 Å². The maximum absolute atomic E-state index is 5.69. The maximum atomic E-state index is 5.69. The number of aryl methyl sites for hydroxylation is 2. The van der Waals surface area contributed by atoms with Crippen LogP contribution in [0.15, 0.2) is 16.8 Å². The Bertz CT molecular complexity index is 579. The van der Waals surface area contributed by atoms with Gasteiger partial charge in [-0.1, -0.05) is 0 Å². The van der Waals surface area contributed by atoms with E-state index >= 15 is 0 Å². The fraction of sp³-hybridized carbons (Fsp3) is 0.647. The van der Waals surface area contributed by atoms with Gasteiger partial charge in [0.1, 0.15) is 11.6 Å². The van der Waals surface area contributed by atoms with Crippen molar-refractivity contribution in [3.63, 3.8) is 0 Å². The summed E-state index contributed by atoms with van der Waals surface area (Å²) in [5.74, 6) is 3.53. The molecule has 0 saturated carbocycles. The van der Waals surface area contributed by atoms with Crippen molar-refractivity contribution < 1.29 is 4.42 Å². The molecule has 23 heavy (non-hydrogen) atoms. The Balaban J connectivity index is 1.40. The molecule has 0 amide bonds. The first-order chi connectivity index (χ1) is 11.1. The zero-order valence-corrected chi connectivity index (χ0v) is 14.3. The highest BCUT2D eigenvalue weighted by Crippen LogP contribution is 2.20. The summed E-state index contributed by atoms with van der Waals surface area (Å²) >= 11 is 0. The lowest BCUT2D eigenvalue weighted by Crippen LogP contribution is -2.37. The topological polar surface area (TPSA) is 70.0 Å². The molecule has 1 saturated heterocycles. The third-order valence-electron chi connectivity index (χ3n) is 4.78. The molecule has 0 aliphatic carbocycles. The minimum absolute atomic E-state index is 0.279. The Hall–Kier alpha value is -1.66. The summed E-state index contributed by atoms with van der Waals surface area (Å²) in [4.78, 5) is 14.4. The fourth-order valence-corrected chi connectivity index (χ4v) is 3.10. The van der Waals surface area contributed by atoms with Crippen molar-refractivity contribution in [1.82, 2.24) is 25.2 Å². The van der Waals surface area contributed by atoms with Crippen molar-refractivity contribution in [1.29, 1.82) is 0 Å². The maximum Gasteiger partial charge on any atom is 0.208 e. The van der Waals surface area contributed by atoms with E-state index in [1.165, 1.54) is 12.8 Å². The predicted octanol–water partition coefficient (Wildman–Crippen LogP) is 2.58.